The Morgan fingerprint density at radius 3 is 1.38 bits per heavy atom. The van der Waals surface area contributed by atoms with Crippen LogP contribution in [0.15, 0.2) is 164 Å². The lowest BCUT2D eigenvalue weighted by Crippen LogP contribution is -1.97. The van der Waals surface area contributed by atoms with Gasteiger partial charge in [0.15, 0.2) is 0 Å². The van der Waals surface area contributed by atoms with Gasteiger partial charge in [-0.2, -0.15) is 0 Å². The van der Waals surface area contributed by atoms with E-state index in [1.807, 2.05) is 6.08 Å². The van der Waals surface area contributed by atoms with Gasteiger partial charge in [-0.05, 0) is 135 Å². The lowest BCUT2D eigenvalue weighted by atomic mass is 9.86. The van der Waals surface area contributed by atoms with Gasteiger partial charge in [-0.1, -0.05) is 151 Å². The molecule has 1 heteroatoms. The first-order valence-electron chi connectivity index (χ1n) is 19.2. The highest BCUT2D eigenvalue weighted by Crippen LogP contribution is 2.45. The monoisotopic (exact) mass is 703 g/mol. The molecule has 0 radical (unpaired) electrons. The summed E-state index contributed by atoms with van der Waals surface area (Å²) in [7, 11) is 0. The SMILES string of the molecule is C=Cc1c2ccccc2c(-c2ccc(-n3c4ccc(-c5cc(C)ccc5C)cc4c4cc(-c5cc(C)ccc5C)ccc43)c3ccccc23)c2ccccc12. The molecule has 0 amide bonds. The van der Waals surface area contributed by atoms with Gasteiger partial charge in [0.25, 0.3) is 0 Å². The van der Waals surface area contributed by atoms with Gasteiger partial charge in [-0.3, -0.25) is 0 Å². The summed E-state index contributed by atoms with van der Waals surface area (Å²) in [6.07, 6.45) is 2.01. The topological polar surface area (TPSA) is 4.93 Å². The maximum atomic E-state index is 4.23. The maximum absolute atomic E-state index is 4.23. The zero-order valence-corrected chi connectivity index (χ0v) is 31.7. The molecule has 0 fully saturated rings. The molecule has 0 aliphatic heterocycles. The quantitative estimate of drug-likeness (QED) is 0.157. The van der Waals surface area contributed by atoms with Crippen LogP contribution in [0, 0.1) is 27.7 Å². The predicted octanol–water partition coefficient (Wildman–Crippen LogP) is 15.1. The minimum absolute atomic E-state index is 1.18. The lowest BCUT2D eigenvalue weighted by molar-refractivity contribution is 1.20. The summed E-state index contributed by atoms with van der Waals surface area (Å²) >= 11 is 0. The summed E-state index contributed by atoms with van der Waals surface area (Å²) in [6.45, 7) is 13.0. The molecule has 0 atom stereocenters. The molecule has 10 aromatic rings. The van der Waals surface area contributed by atoms with Gasteiger partial charge in [0.2, 0.25) is 0 Å². The van der Waals surface area contributed by atoms with Crippen molar-refractivity contribution in [1.29, 1.82) is 0 Å². The minimum Gasteiger partial charge on any atom is -0.309 e. The minimum atomic E-state index is 1.18. The molecule has 0 saturated carbocycles. The molecule has 0 aliphatic carbocycles. The molecule has 0 unspecified atom stereocenters. The molecule has 1 heterocycles. The number of aromatic nitrogens is 1. The molecule has 262 valence electrons. The van der Waals surface area contributed by atoms with E-state index in [4.69, 9.17) is 0 Å². The third kappa shape index (κ3) is 5.15. The number of nitrogens with zero attached hydrogens (tertiary/aromatic N) is 1. The van der Waals surface area contributed by atoms with E-state index >= 15 is 0 Å². The Hall–Kier alpha value is -6.70. The average molecular weight is 704 g/mol. The summed E-state index contributed by atoms with van der Waals surface area (Å²) in [6, 6.07) is 58.8. The standard InChI is InChI=1S/C54H41N/c1-6-39-40-13-8-11-17-44(40)54(45-18-12-9-14-41(39)45)46-25-28-51(43-16-10-7-15-42(43)46)55-52-26-23-37(47-29-33(2)19-21-35(47)4)31-49(52)50-32-38(24-27-53(50)55)48-30-34(3)20-22-36(48)5/h6-32H,1H2,2-5H3. The summed E-state index contributed by atoms with van der Waals surface area (Å²) in [5, 5.41) is 9.89. The Kier molecular flexibility index (Phi) is 7.61. The second-order valence-corrected chi connectivity index (χ2v) is 15.2. The van der Waals surface area contributed by atoms with E-state index in [2.05, 4.69) is 197 Å². The van der Waals surface area contributed by atoms with Crippen LogP contribution in [0.25, 0.3) is 99.3 Å². The van der Waals surface area contributed by atoms with Crippen molar-refractivity contribution in [2.45, 2.75) is 27.7 Å². The Bertz CT molecular complexity index is 3040. The number of hydrogen-bond donors (Lipinski definition) is 0. The van der Waals surface area contributed by atoms with Crippen molar-refractivity contribution >= 4 is 60.2 Å². The van der Waals surface area contributed by atoms with E-state index in [1.165, 1.54) is 121 Å². The zero-order valence-electron chi connectivity index (χ0n) is 31.7. The molecule has 0 aliphatic rings. The molecule has 0 N–H and O–H groups in total. The van der Waals surface area contributed by atoms with Crippen LogP contribution >= 0.6 is 0 Å². The van der Waals surface area contributed by atoms with Gasteiger partial charge in [0.05, 0.1) is 16.7 Å². The van der Waals surface area contributed by atoms with Crippen molar-refractivity contribution in [3.8, 4) is 39.1 Å². The molecule has 0 spiro atoms. The first-order valence-corrected chi connectivity index (χ1v) is 19.2. The predicted molar refractivity (Wildman–Crippen MR) is 239 cm³/mol. The van der Waals surface area contributed by atoms with Gasteiger partial charge >= 0.3 is 0 Å². The van der Waals surface area contributed by atoms with E-state index in [9.17, 15) is 0 Å². The molecule has 55 heavy (non-hydrogen) atoms. The van der Waals surface area contributed by atoms with Crippen molar-refractivity contribution in [1.82, 2.24) is 4.57 Å². The second kappa shape index (κ2) is 12.7. The summed E-state index contributed by atoms with van der Waals surface area (Å²) in [4.78, 5) is 0. The van der Waals surface area contributed by atoms with Crippen LogP contribution in [0.2, 0.25) is 0 Å². The third-order valence-corrected chi connectivity index (χ3v) is 11.8. The summed E-state index contributed by atoms with van der Waals surface area (Å²) < 4.78 is 2.49. The first kappa shape index (κ1) is 32.9. The van der Waals surface area contributed by atoms with Crippen LogP contribution in [-0.4, -0.2) is 4.57 Å². The van der Waals surface area contributed by atoms with E-state index in [0.29, 0.717) is 0 Å². The normalized spacial score (nSPS) is 11.7. The molecular weight excluding hydrogens is 663 g/mol. The van der Waals surface area contributed by atoms with E-state index < -0.39 is 0 Å². The fourth-order valence-electron chi connectivity index (χ4n) is 9.08. The van der Waals surface area contributed by atoms with Crippen molar-refractivity contribution in [2.75, 3.05) is 0 Å². The third-order valence-electron chi connectivity index (χ3n) is 11.8. The van der Waals surface area contributed by atoms with Crippen molar-refractivity contribution in [3.05, 3.63) is 192 Å². The fourth-order valence-corrected chi connectivity index (χ4v) is 9.08. The van der Waals surface area contributed by atoms with Crippen LogP contribution < -0.4 is 0 Å². The first-order chi connectivity index (χ1) is 26.9. The van der Waals surface area contributed by atoms with Gasteiger partial charge in [-0.15, -0.1) is 0 Å². The number of aryl methyl sites for hydroxylation is 4. The second-order valence-electron chi connectivity index (χ2n) is 15.2. The summed E-state index contributed by atoms with van der Waals surface area (Å²) in [5.41, 5.74) is 17.4. The van der Waals surface area contributed by atoms with Crippen LogP contribution in [0.1, 0.15) is 27.8 Å². The van der Waals surface area contributed by atoms with E-state index in [-0.39, 0.29) is 0 Å². The lowest BCUT2D eigenvalue weighted by Gasteiger charge is -2.19. The average Bonchev–Trinajstić information content (AvgIpc) is 3.54. The van der Waals surface area contributed by atoms with Crippen LogP contribution in [-0.2, 0) is 0 Å². The Morgan fingerprint density at radius 2 is 0.873 bits per heavy atom. The molecule has 0 bridgehead atoms. The highest BCUT2D eigenvalue weighted by molar-refractivity contribution is 6.21. The van der Waals surface area contributed by atoms with Gasteiger partial charge in [0.1, 0.15) is 0 Å². The largest absolute Gasteiger partial charge is 0.309 e. The van der Waals surface area contributed by atoms with Gasteiger partial charge < -0.3 is 4.57 Å². The van der Waals surface area contributed by atoms with Gasteiger partial charge in [-0.25, -0.2) is 0 Å². The van der Waals surface area contributed by atoms with Crippen LogP contribution in [0.5, 0.6) is 0 Å². The highest BCUT2D eigenvalue weighted by atomic mass is 15.0. The molecular formula is C54H41N. The molecule has 9 aromatic carbocycles. The Labute approximate surface area is 322 Å². The smallest absolute Gasteiger partial charge is 0.0541 e. The molecule has 10 rings (SSSR count). The fraction of sp³-hybridized carbons (Fsp3) is 0.0741. The number of benzene rings is 9. The Balaban J connectivity index is 1.28. The maximum Gasteiger partial charge on any atom is 0.0541 e. The van der Waals surface area contributed by atoms with Crippen LogP contribution in [0.4, 0.5) is 0 Å². The highest BCUT2D eigenvalue weighted by Gasteiger charge is 2.20. The van der Waals surface area contributed by atoms with Gasteiger partial charge in [0, 0.05) is 16.2 Å². The number of fused-ring (bicyclic) bond motifs is 6. The number of hydrogen-bond acceptors (Lipinski definition) is 0. The van der Waals surface area contributed by atoms with Crippen molar-refractivity contribution < 1.29 is 0 Å². The zero-order chi connectivity index (χ0) is 37.4. The molecule has 1 aromatic heterocycles. The molecule has 0 saturated heterocycles. The van der Waals surface area contributed by atoms with E-state index in [0.717, 1.165) is 0 Å². The summed E-state index contributed by atoms with van der Waals surface area (Å²) in [5.74, 6) is 0. The van der Waals surface area contributed by atoms with Crippen molar-refractivity contribution in [3.63, 3.8) is 0 Å². The Morgan fingerprint density at radius 1 is 0.400 bits per heavy atom. The van der Waals surface area contributed by atoms with E-state index in [1.54, 1.807) is 0 Å². The van der Waals surface area contributed by atoms with Crippen LogP contribution in [0.3, 0.4) is 0 Å². The molecule has 1 nitrogen and oxygen atoms in total. The number of rotatable bonds is 5. The van der Waals surface area contributed by atoms with Crippen molar-refractivity contribution in [2.24, 2.45) is 0 Å².